The summed E-state index contributed by atoms with van der Waals surface area (Å²) in [6, 6.07) is 13.2. The first-order valence-electron chi connectivity index (χ1n) is 7.81. The zero-order valence-corrected chi connectivity index (χ0v) is 14.5. The van der Waals surface area contributed by atoms with Gasteiger partial charge in [-0.05, 0) is 43.3 Å². The Morgan fingerprint density at radius 1 is 0.962 bits per heavy atom. The van der Waals surface area contributed by atoms with Crippen LogP contribution >= 0.6 is 0 Å². The number of Topliss-reactive ketones (excluding diaryl/α,β-unsaturated/α-hetero) is 1. The third-order valence-electron chi connectivity index (χ3n) is 3.34. The minimum atomic E-state index is -0.692. The fraction of sp³-hybridized carbons (Fsp3) is 0.211. The molecule has 1 N–H and O–H groups in total. The summed E-state index contributed by atoms with van der Waals surface area (Å²) in [5.74, 6) is -0.226. The van der Waals surface area contributed by atoms with Crippen LogP contribution in [0, 0.1) is 0 Å². The number of ether oxygens (including phenoxy) is 3. The molecule has 0 atom stereocenters. The molecule has 0 radical (unpaired) electrons. The fourth-order valence-corrected chi connectivity index (χ4v) is 2.01. The highest BCUT2D eigenvalue weighted by Crippen LogP contribution is 2.15. The van der Waals surface area contributed by atoms with E-state index in [2.05, 4.69) is 5.32 Å². The fourth-order valence-electron chi connectivity index (χ4n) is 2.01. The van der Waals surface area contributed by atoms with E-state index in [1.165, 1.54) is 13.0 Å². The Morgan fingerprint density at radius 2 is 1.69 bits per heavy atom. The van der Waals surface area contributed by atoms with E-state index < -0.39 is 18.5 Å². The standard InChI is InChI=1S/C19H19NO6/c1-13(21)14-4-3-5-17(10-14)25-12-19(23)26-11-18(22)20-15-6-8-16(24-2)9-7-15/h3-10H,11-12H2,1-2H3,(H,20,22). The van der Waals surface area contributed by atoms with Crippen LogP contribution in [-0.4, -0.2) is 38.0 Å². The molecular weight excluding hydrogens is 338 g/mol. The van der Waals surface area contributed by atoms with Gasteiger partial charge in [0.05, 0.1) is 7.11 Å². The topological polar surface area (TPSA) is 90.9 Å². The number of hydrogen-bond acceptors (Lipinski definition) is 6. The number of anilines is 1. The molecule has 0 saturated heterocycles. The molecule has 0 fully saturated rings. The highest BCUT2D eigenvalue weighted by Gasteiger charge is 2.10. The van der Waals surface area contributed by atoms with Gasteiger partial charge in [-0.15, -0.1) is 0 Å². The van der Waals surface area contributed by atoms with Crippen molar-refractivity contribution < 1.29 is 28.6 Å². The molecule has 0 saturated carbocycles. The number of amides is 1. The quantitative estimate of drug-likeness (QED) is 0.576. The molecule has 0 aliphatic heterocycles. The van der Waals surface area contributed by atoms with Gasteiger partial charge in [0.1, 0.15) is 11.5 Å². The lowest BCUT2D eigenvalue weighted by molar-refractivity contribution is -0.149. The smallest absolute Gasteiger partial charge is 0.344 e. The summed E-state index contributed by atoms with van der Waals surface area (Å²) in [6.07, 6.45) is 0. The van der Waals surface area contributed by atoms with E-state index in [0.29, 0.717) is 22.7 Å². The maximum Gasteiger partial charge on any atom is 0.344 e. The first-order chi connectivity index (χ1) is 12.5. The summed E-state index contributed by atoms with van der Waals surface area (Å²) >= 11 is 0. The minimum absolute atomic E-state index is 0.103. The van der Waals surface area contributed by atoms with Gasteiger partial charge in [-0.2, -0.15) is 0 Å². The van der Waals surface area contributed by atoms with Crippen molar-refractivity contribution in [2.75, 3.05) is 25.6 Å². The number of benzene rings is 2. The van der Waals surface area contributed by atoms with Gasteiger partial charge in [-0.1, -0.05) is 12.1 Å². The van der Waals surface area contributed by atoms with E-state index >= 15 is 0 Å². The first kappa shape index (κ1) is 19.0. The number of hydrogen-bond donors (Lipinski definition) is 1. The van der Waals surface area contributed by atoms with Crippen LogP contribution in [-0.2, 0) is 14.3 Å². The number of ketones is 1. The average Bonchev–Trinajstić information content (AvgIpc) is 2.65. The van der Waals surface area contributed by atoms with Gasteiger partial charge in [0.25, 0.3) is 5.91 Å². The van der Waals surface area contributed by atoms with Crippen LogP contribution in [0.15, 0.2) is 48.5 Å². The lowest BCUT2D eigenvalue weighted by Gasteiger charge is -2.09. The monoisotopic (exact) mass is 357 g/mol. The molecule has 136 valence electrons. The summed E-state index contributed by atoms with van der Waals surface area (Å²) < 4.78 is 15.1. The van der Waals surface area contributed by atoms with Crippen molar-refractivity contribution in [2.45, 2.75) is 6.92 Å². The number of methoxy groups -OCH3 is 1. The Kier molecular flexibility index (Phi) is 6.73. The molecule has 1 amide bonds. The number of carbonyl (C=O) groups is 3. The molecule has 0 aliphatic rings. The summed E-state index contributed by atoms with van der Waals surface area (Å²) in [7, 11) is 1.55. The normalized spacial score (nSPS) is 9.92. The van der Waals surface area contributed by atoms with Gasteiger partial charge < -0.3 is 19.5 Å². The van der Waals surface area contributed by atoms with Gasteiger partial charge in [0.15, 0.2) is 19.0 Å². The van der Waals surface area contributed by atoms with Crippen LogP contribution in [0.1, 0.15) is 17.3 Å². The SMILES string of the molecule is COc1ccc(NC(=O)COC(=O)COc2cccc(C(C)=O)c2)cc1. The molecule has 2 rings (SSSR count). The first-order valence-corrected chi connectivity index (χ1v) is 7.81. The molecule has 0 unspecified atom stereocenters. The number of esters is 1. The van der Waals surface area contributed by atoms with E-state index in [-0.39, 0.29) is 12.4 Å². The van der Waals surface area contributed by atoms with Gasteiger partial charge >= 0.3 is 5.97 Å². The van der Waals surface area contributed by atoms with Crippen molar-refractivity contribution in [3.05, 3.63) is 54.1 Å². The summed E-state index contributed by atoms with van der Waals surface area (Å²) in [6.45, 7) is 0.647. The molecule has 7 nitrogen and oxygen atoms in total. The lowest BCUT2D eigenvalue weighted by Crippen LogP contribution is -2.23. The summed E-state index contributed by atoms with van der Waals surface area (Å²) in [4.78, 5) is 34.7. The summed E-state index contributed by atoms with van der Waals surface area (Å²) in [5.41, 5.74) is 1.04. The van der Waals surface area contributed by atoms with E-state index in [9.17, 15) is 14.4 Å². The lowest BCUT2D eigenvalue weighted by atomic mass is 10.1. The van der Waals surface area contributed by atoms with Crippen molar-refractivity contribution in [1.82, 2.24) is 0 Å². The predicted octanol–water partition coefficient (Wildman–Crippen LogP) is 2.46. The van der Waals surface area contributed by atoms with Crippen LogP contribution in [0.3, 0.4) is 0 Å². The second kappa shape index (κ2) is 9.22. The summed E-state index contributed by atoms with van der Waals surface area (Å²) in [5, 5.41) is 2.59. The molecular formula is C19H19NO6. The Hall–Kier alpha value is -3.35. The van der Waals surface area contributed by atoms with Crippen LogP contribution in [0.25, 0.3) is 0 Å². The number of carbonyl (C=O) groups excluding carboxylic acids is 3. The van der Waals surface area contributed by atoms with Gasteiger partial charge in [0, 0.05) is 11.3 Å². The second-order valence-corrected chi connectivity index (χ2v) is 5.31. The molecule has 0 bridgehead atoms. The number of rotatable bonds is 8. The van der Waals surface area contributed by atoms with Crippen molar-refractivity contribution in [3.8, 4) is 11.5 Å². The van der Waals surface area contributed by atoms with Crippen LogP contribution in [0.4, 0.5) is 5.69 Å². The Bertz CT molecular complexity index is 785. The Morgan fingerprint density at radius 3 is 2.35 bits per heavy atom. The molecule has 26 heavy (non-hydrogen) atoms. The third-order valence-corrected chi connectivity index (χ3v) is 3.34. The van der Waals surface area contributed by atoms with Crippen LogP contribution < -0.4 is 14.8 Å². The Balaban J connectivity index is 1.74. The minimum Gasteiger partial charge on any atom is -0.497 e. The molecule has 0 heterocycles. The van der Waals surface area contributed by atoms with Crippen molar-refractivity contribution >= 4 is 23.3 Å². The van der Waals surface area contributed by atoms with Gasteiger partial charge in [-0.25, -0.2) is 4.79 Å². The predicted molar refractivity (Wildman–Crippen MR) is 94.5 cm³/mol. The Labute approximate surface area is 150 Å². The van der Waals surface area contributed by atoms with E-state index in [4.69, 9.17) is 14.2 Å². The second-order valence-electron chi connectivity index (χ2n) is 5.31. The van der Waals surface area contributed by atoms with Crippen LogP contribution in [0.2, 0.25) is 0 Å². The highest BCUT2D eigenvalue weighted by molar-refractivity contribution is 5.94. The van der Waals surface area contributed by atoms with Crippen molar-refractivity contribution in [2.24, 2.45) is 0 Å². The van der Waals surface area contributed by atoms with Crippen molar-refractivity contribution in [1.29, 1.82) is 0 Å². The van der Waals surface area contributed by atoms with Crippen molar-refractivity contribution in [3.63, 3.8) is 0 Å². The largest absolute Gasteiger partial charge is 0.497 e. The molecule has 2 aromatic rings. The maximum absolute atomic E-state index is 11.8. The van der Waals surface area contributed by atoms with E-state index in [0.717, 1.165) is 0 Å². The van der Waals surface area contributed by atoms with Gasteiger partial charge in [-0.3, -0.25) is 9.59 Å². The van der Waals surface area contributed by atoms with E-state index in [1.807, 2.05) is 0 Å². The van der Waals surface area contributed by atoms with Gasteiger partial charge in [0.2, 0.25) is 0 Å². The zero-order valence-electron chi connectivity index (χ0n) is 14.5. The highest BCUT2D eigenvalue weighted by atomic mass is 16.6. The van der Waals surface area contributed by atoms with E-state index in [1.54, 1.807) is 49.6 Å². The molecule has 0 spiro atoms. The molecule has 7 heteroatoms. The maximum atomic E-state index is 11.8. The molecule has 0 aliphatic carbocycles. The molecule has 2 aromatic carbocycles. The molecule has 0 aromatic heterocycles. The zero-order chi connectivity index (χ0) is 18.9. The average molecular weight is 357 g/mol. The van der Waals surface area contributed by atoms with Crippen LogP contribution in [0.5, 0.6) is 11.5 Å². The number of nitrogens with one attached hydrogen (secondary N) is 1. The third kappa shape index (κ3) is 5.94.